The molecule has 0 radical (unpaired) electrons. The highest BCUT2D eigenvalue weighted by Gasteiger charge is 2.44. The SMILES string of the molecule is CC(C)c1cccc(C2(NC[C@@H](O)CCc3cc(F)cc(F)c3)CC2)c1.CC(N)=O. The number of benzene rings is 2. The molecule has 1 saturated carbocycles. The number of aryl methyl sites for hydroxylation is 1. The van der Waals surface area contributed by atoms with E-state index in [0.717, 1.165) is 18.9 Å². The van der Waals surface area contributed by atoms with E-state index < -0.39 is 17.7 Å². The van der Waals surface area contributed by atoms with Crippen molar-refractivity contribution in [1.82, 2.24) is 5.32 Å². The summed E-state index contributed by atoms with van der Waals surface area (Å²) in [5, 5.41) is 13.8. The van der Waals surface area contributed by atoms with Crippen LogP contribution in [-0.4, -0.2) is 23.7 Å². The molecular formula is C24H32F2N2O2. The first-order chi connectivity index (χ1) is 14.1. The first kappa shape index (κ1) is 24.0. The summed E-state index contributed by atoms with van der Waals surface area (Å²) in [4.78, 5) is 9.22. The molecule has 1 atom stereocenters. The minimum absolute atomic E-state index is 0.0309. The van der Waals surface area contributed by atoms with E-state index in [1.54, 1.807) is 0 Å². The second kappa shape index (κ2) is 10.6. The maximum atomic E-state index is 13.2. The third-order valence-corrected chi connectivity index (χ3v) is 5.22. The van der Waals surface area contributed by atoms with Gasteiger partial charge in [-0.2, -0.15) is 0 Å². The number of halogens is 2. The number of rotatable bonds is 8. The van der Waals surface area contributed by atoms with Crippen molar-refractivity contribution in [3.63, 3.8) is 0 Å². The normalized spacial score (nSPS) is 15.3. The van der Waals surface area contributed by atoms with Gasteiger partial charge in [0, 0.05) is 25.1 Å². The molecule has 4 nitrogen and oxygen atoms in total. The lowest BCUT2D eigenvalue weighted by Gasteiger charge is -2.22. The summed E-state index contributed by atoms with van der Waals surface area (Å²) < 4.78 is 26.5. The zero-order valence-electron chi connectivity index (χ0n) is 17.9. The van der Waals surface area contributed by atoms with Gasteiger partial charge >= 0.3 is 0 Å². The molecule has 0 spiro atoms. The van der Waals surface area contributed by atoms with E-state index in [2.05, 4.69) is 49.2 Å². The Morgan fingerprint density at radius 3 is 2.30 bits per heavy atom. The van der Waals surface area contributed by atoms with Gasteiger partial charge in [0.05, 0.1) is 6.10 Å². The molecule has 0 unspecified atom stereocenters. The Bertz CT molecular complexity index is 827. The van der Waals surface area contributed by atoms with Crippen molar-refractivity contribution in [3.8, 4) is 0 Å². The molecule has 1 fully saturated rings. The van der Waals surface area contributed by atoms with Gasteiger partial charge in [0.2, 0.25) is 5.91 Å². The fourth-order valence-corrected chi connectivity index (χ4v) is 3.39. The predicted molar refractivity (Wildman–Crippen MR) is 115 cm³/mol. The van der Waals surface area contributed by atoms with Gasteiger partial charge in [0.25, 0.3) is 0 Å². The molecule has 1 aliphatic rings. The topological polar surface area (TPSA) is 75.3 Å². The fourth-order valence-electron chi connectivity index (χ4n) is 3.39. The highest BCUT2D eigenvalue weighted by Crippen LogP contribution is 2.46. The number of carbonyl (C=O) groups excluding carboxylic acids is 1. The quantitative estimate of drug-likeness (QED) is 0.603. The van der Waals surface area contributed by atoms with Crippen LogP contribution in [0.4, 0.5) is 8.78 Å². The highest BCUT2D eigenvalue weighted by atomic mass is 19.1. The smallest absolute Gasteiger partial charge is 0.214 e. The molecule has 2 aromatic carbocycles. The second-order valence-electron chi connectivity index (χ2n) is 8.32. The molecule has 2 aromatic rings. The third-order valence-electron chi connectivity index (χ3n) is 5.22. The number of aliphatic hydroxyl groups excluding tert-OH is 1. The van der Waals surface area contributed by atoms with Crippen LogP contribution in [0.1, 0.15) is 62.6 Å². The van der Waals surface area contributed by atoms with Crippen molar-refractivity contribution in [1.29, 1.82) is 0 Å². The van der Waals surface area contributed by atoms with Crippen LogP contribution in [0, 0.1) is 11.6 Å². The highest BCUT2D eigenvalue weighted by molar-refractivity contribution is 5.70. The minimum Gasteiger partial charge on any atom is -0.392 e. The number of primary amides is 1. The zero-order valence-corrected chi connectivity index (χ0v) is 17.9. The number of aliphatic hydroxyl groups is 1. The van der Waals surface area contributed by atoms with Gasteiger partial charge in [-0.1, -0.05) is 38.1 Å². The number of amides is 1. The summed E-state index contributed by atoms with van der Waals surface area (Å²) in [7, 11) is 0. The first-order valence-corrected chi connectivity index (χ1v) is 10.4. The van der Waals surface area contributed by atoms with E-state index >= 15 is 0 Å². The van der Waals surface area contributed by atoms with Crippen LogP contribution in [0.15, 0.2) is 42.5 Å². The van der Waals surface area contributed by atoms with Crippen molar-refractivity contribution in [2.75, 3.05) is 6.54 Å². The lowest BCUT2D eigenvalue weighted by atomic mass is 9.96. The van der Waals surface area contributed by atoms with Crippen LogP contribution in [0.2, 0.25) is 0 Å². The second-order valence-corrected chi connectivity index (χ2v) is 8.32. The Hall–Kier alpha value is -2.31. The van der Waals surface area contributed by atoms with E-state index in [9.17, 15) is 18.7 Å². The molecule has 164 valence electrons. The minimum atomic E-state index is -0.574. The van der Waals surface area contributed by atoms with Gasteiger partial charge in [-0.25, -0.2) is 8.78 Å². The van der Waals surface area contributed by atoms with E-state index in [4.69, 9.17) is 0 Å². The summed E-state index contributed by atoms with van der Waals surface area (Å²) in [6.45, 7) is 6.15. The van der Waals surface area contributed by atoms with Crippen molar-refractivity contribution in [2.45, 2.75) is 64.0 Å². The van der Waals surface area contributed by atoms with Crippen LogP contribution in [0.5, 0.6) is 0 Å². The van der Waals surface area contributed by atoms with Crippen LogP contribution < -0.4 is 11.1 Å². The number of hydrogen-bond acceptors (Lipinski definition) is 3. The van der Waals surface area contributed by atoms with E-state index in [0.29, 0.717) is 30.9 Å². The van der Waals surface area contributed by atoms with Gasteiger partial charge in [-0.3, -0.25) is 4.79 Å². The van der Waals surface area contributed by atoms with Crippen molar-refractivity contribution < 1.29 is 18.7 Å². The molecule has 0 heterocycles. The molecule has 3 rings (SSSR count). The number of nitrogens with two attached hydrogens (primary N) is 1. The lowest BCUT2D eigenvalue weighted by Crippen LogP contribution is -2.36. The van der Waals surface area contributed by atoms with E-state index in [-0.39, 0.29) is 11.4 Å². The summed E-state index contributed by atoms with van der Waals surface area (Å²) in [6.07, 6.45) is 2.50. The van der Waals surface area contributed by atoms with Crippen LogP contribution >= 0.6 is 0 Å². The molecular weight excluding hydrogens is 386 g/mol. The maximum Gasteiger partial charge on any atom is 0.214 e. The zero-order chi connectivity index (χ0) is 22.3. The van der Waals surface area contributed by atoms with Gasteiger partial charge in [0.1, 0.15) is 11.6 Å². The molecule has 1 aliphatic carbocycles. The van der Waals surface area contributed by atoms with Crippen molar-refractivity contribution >= 4 is 5.91 Å². The standard InChI is InChI=1S/C22H27F2NO.C2H5NO/c1-15(2)17-4-3-5-18(12-17)22(8-9-22)25-14-21(26)7-6-16-10-19(23)13-20(24)11-16;1-2(3)4/h3-5,10-13,15,21,25-26H,6-9,14H2,1-2H3;1H3,(H2,3,4)/t21-;/m0./s1. The van der Waals surface area contributed by atoms with E-state index in [1.807, 2.05) is 0 Å². The van der Waals surface area contributed by atoms with Gasteiger partial charge < -0.3 is 16.2 Å². The van der Waals surface area contributed by atoms with Crippen molar-refractivity contribution in [2.24, 2.45) is 5.73 Å². The van der Waals surface area contributed by atoms with Crippen LogP contribution in [0.3, 0.4) is 0 Å². The Labute approximate surface area is 177 Å². The number of hydrogen-bond donors (Lipinski definition) is 3. The summed E-state index contributed by atoms with van der Waals surface area (Å²) in [6, 6.07) is 12.2. The number of nitrogens with one attached hydrogen (secondary N) is 1. The largest absolute Gasteiger partial charge is 0.392 e. The average molecular weight is 419 g/mol. The van der Waals surface area contributed by atoms with Gasteiger partial charge in [0.15, 0.2) is 0 Å². The molecule has 0 saturated heterocycles. The van der Waals surface area contributed by atoms with Gasteiger partial charge in [-0.05, 0) is 60.4 Å². The Kier molecular flexibility index (Phi) is 8.50. The fraction of sp³-hybridized carbons (Fsp3) is 0.458. The summed E-state index contributed by atoms with van der Waals surface area (Å²) >= 11 is 0. The monoisotopic (exact) mass is 418 g/mol. The number of carbonyl (C=O) groups is 1. The Morgan fingerprint density at radius 2 is 1.77 bits per heavy atom. The van der Waals surface area contributed by atoms with Gasteiger partial charge in [-0.15, -0.1) is 0 Å². The molecule has 4 N–H and O–H groups in total. The summed E-state index contributed by atoms with van der Waals surface area (Å²) in [5.74, 6) is -0.993. The predicted octanol–water partition coefficient (Wildman–Crippen LogP) is 4.15. The Balaban J connectivity index is 0.000000735. The molecule has 1 amide bonds. The van der Waals surface area contributed by atoms with E-state index in [1.165, 1.54) is 30.2 Å². The third kappa shape index (κ3) is 7.50. The van der Waals surface area contributed by atoms with Crippen LogP contribution in [-0.2, 0) is 16.8 Å². The average Bonchev–Trinajstić information content (AvgIpc) is 3.45. The molecule has 6 heteroatoms. The lowest BCUT2D eigenvalue weighted by molar-refractivity contribution is -0.115. The van der Waals surface area contributed by atoms with Crippen molar-refractivity contribution in [3.05, 3.63) is 70.8 Å². The van der Waals surface area contributed by atoms with Crippen LogP contribution in [0.25, 0.3) is 0 Å². The molecule has 0 bridgehead atoms. The maximum absolute atomic E-state index is 13.2. The molecule has 0 aromatic heterocycles. The first-order valence-electron chi connectivity index (χ1n) is 10.4. The Morgan fingerprint density at radius 1 is 1.17 bits per heavy atom. The summed E-state index contributed by atoms with van der Waals surface area (Å²) in [5.41, 5.74) is 7.62. The molecule has 0 aliphatic heterocycles. The molecule has 30 heavy (non-hydrogen) atoms.